The van der Waals surface area contributed by atoms with Crippen LogP contribution in [0.15, 0.2) is 30.6 Å². The fraction of sp³-hybridized carbons (Fsp3) is 0.400. The van der Waals surface area contributed by atoms with E-state index < -0.39 is 0 Å². The number of nitro benzene ring substituents is 1. The number of anilines is 1. The fourth-order valence-electron chi connectivity index (χ4n) is 3.03. The number of rotatable bonds is 4. The number of nitrogens with one attached hydrogen (secondary N) is 1. The van der Waals surface area contributed by atoms with Gasteiger partial charge in [0.15, 0.2) is 0 Å². The number of benzene rings is 1. The standard InChI is InChI=1S/C15H17N3O3/c1-21-15-4-2-3-13(15)17-12-5-6-14(18(19)20)11-9-16-8-7-10(11)12/h5-9,13,15,17H,2-4H2,1H3. The van der Waals surface area contributed by atoms with E-state index in [1.54, 1.807) is 31.6 Å². The van der Waals surface area contributed by atoms with Crippen LogP contribution in [0.3, 0.4) is 0 Å². The Kier molecular flexibility index (Phi) is 3.70. The lowest BCUT2D eigenvalue weighted by Crippen LogP contribution is -2.29. The number of nitro groups is 1. The molecule has 1 N–H and O–H groups in total. The number of non-ortho nitro benzene ring substituents is 1. The van der Waals surface area contributed by atoms with Gasteiger partial charge in [-0.3, -0.25) is 15.1 Å². The van der Waals surface area contributed by atoms with Crippen molar-refractivity contribution in [2.24, 2.45) is 0 Å². The van der Waals surface area contributed by atoms with Gasteiger partial charge in [-0.1, -0.05) is 0 Å². The second-order valence-corrected chi connectivity index (χ2v) is 5.27. The Hall–Kier alpha value is -2.21. The minimum Gasteiger partial charge on any atom is -0.379 e. The average Bonchev–Trinajstić information content (AvgIpc) is 2.94. The van der Waals surface area contributed by atoms with Gasteiger partial charge in [-0.05, 0) is 31.4 Å². The summed E-state index contributed by atoms with van der Waals surface area (Å²) in [6.07, 6.45) is 6.60. The van der Waals surface area contributed by atoms with E-state index in [9.17, 15) is 10.1 Å². The van der Waals surface area contributed by atoms with E-state index in [0.29, 0.717) is 5.39 Å². The molecular formula is C15H17N3O3. The monoisotopic (exact) mass is 287 g/mol. The third kappa shape index (κ3) is 2.54. The highest BCUT2D eigenvalue weighted by Gasteiger charge is 2.27. The van der Waals surface area contributed by atoms with Crippen LogP contribution in [0, 0.1) is 10.1 Å². The molecule has 1 aliphatic rings. The zero-order valence-corrected chi connectivity index (χ0v) is 11.8. The van der Waals surface area contributed by atoms with Crippen molar-refractivity contribution in [3.8, 4) is 0 Å². The number of hydrogen-bond acceptors (Lipinski definition) is 5. The number of fused-ring (bicyclic) bond motifs is 1. The zero-order chi connectivity index (χ0) is 14.8. The van der Waals surface area contributed by atoms with Crippen LogP contribution < -0.4 is 5.32 Å². The molecule has 0 bridgehead atoms. The molecule has 110 valence electrons. The van der Waals surface area contributed by atoms with Gasteiger partial charge in [0.25, 0.3) is 5.69 Å². The number of aromatic nitrogens is 1. The second kappa shape index (κ2) is 5.65. The summed E-state index contributed by atoms with van der Waals surface area (Å²) in [5.74, 6) is 0. The van der Waals surface area contributed by atoms with E-state index in [1.165, 1.54) is 6.07 Å². The molecule has 1 aromatic heterocycles. The van der Waals surface area contributed by atoms with Gasteiger partial charge < -0.3 is 10.1 Å². The van der Waals surface area contributed by atoms with Crippen molar-refractivity contribution in [1.29, 1.82) is 0 Å². The summed E-state index contributed by atoms with van der Waals surface area (Å²) in [5, 5.41) is 16.0. The first-order chi connectivity index (χ1) is 10.2. The van der Waals surface area contributed by atoms with Crippen LogP contribution in [0.25, 0.3) is 10.8 Å². The van der Waals surface area contributed by atoms with Crippen LogP contribution in [0.4, 0.5) is 11.4 Å². The highest BCUT2D eigenvalue weighted by atomic mass is 16.6. The first-order valence-electron chi connectivity index (χ1n) is 7.01. The predicted octanol–water partition coefficient (Wildman–Crippen LogP) is 3.12. The third-order valence-corrected chi connectivity index (χ3v) is 4.09. The van der Waals surface area contributed by atoms with Gasteiger partial charge in [0.1, 0.15) is 0 Å². The molecule has 0 saturated heterocycles. The maximum atomic E-state index is 11.1. The molecule has 0 spiro atoms. The Morgan fingerprint density at radius 3 is 2.95 bits per heavy atom. The molecule has 3 rings (SSSR count). The summed E-state index contributed by atoms with van der Waals surface area (Å²) in [4.78, 5) is 14.7. The molecule has 1 aliphatic carbocycles. The van der Waals surface area contributed by atoms with Gasteiger partial charge in [-0.25, -0.2) is 0 Å². The van der Waals surface area contributed by atoms with Crippen molar-refractivity contribution in [3.63, 3.8) is 0 Å². The number of hydrogen-bond donors (Lipinski definition) is 1. The van der Waals surface area contributed by atoms with E-state index in [0.717, 1.165) is 30.3 Å². The van der Waals surface area contributed by atoms with Gasteiger partial charge in [0.2, 0.25) is 0 Å². The maximum Gasteiger partial charge on any atom is 0.278 e. The van der Waals surface area contributed by atoms with E-state index in [2.05, 4.69) is 10.3 Å². The number of pyridine rings is 1. The lowest BCUT2D eigenvalue weighted by atomic mass is 10.1. The Labute approximate surface area is 122 Å². The van der Waals surface area contributed by atoms with Crippen LogP contribution in [-0.2, 0) is 4.74 Å². The van der Waals surface area contributed by atoms with E-state index in [-0.39, 0.29) is 22.8 Å². The Bertz CT molecular complexity index is 674. The molecule has 21 heavy (non-hydrogen) atoms. The summed E-state index contributed by atoms with van der Waals surface area (Å²) >= 11 is 0. The van der Waals surface area contributed by atoms with Gasteiger partial charge >= 0.3 is 0 Å². The normalized spacial score (nSPS) is 21.6. The predicted molar refractivity (Wildman–Crippen MR) is 80.5 cm³/mol. The quantitative estimate of drug-likeness (QED) is 0.690. The van der Waals surface area contributed by atoms with Gasteiger partial charge in [0, 0.05) is 36.6 Å². The van der Waals surface area contributed by atoms with Gasteiger partial charge in [-0.2, -0.15) is 0 Å². The third-order valence-electron chi connectivity index (χ3n) is 4.09. The summed E-state index contributed by atoms with van der Waals surface area (Å²) in [6, 6.07) is 5.35. The molecular weight excluding hydrogens is 270 g/mol. The molecule has 0 radical (unpaired) electrons. The van der Waals surface area contributed by atoms with Crippen LogP contribution in [0.2, 0.25) is 0 Å². The minimum absolute atomic E-state index is 0.0818. The van der Waals surface area contributed by atoms with Crippen molar-refractivity contribution < 1.29 is 9.66 Å². The lowest BCUT2D eigenvalue weighted by Gasteiger charge is -2.21. The van der Waals surface area contributed by atoms with Gasteiger partial charge in [-0.15, -0.1) is 0 Å². The van der Waals surface area contributed by atoms with E-state index in [1.807, 2.05) is 0 Å². The minimum atomic E-state index is -0.374. The number of ether oxygens (including phenoxy) is 1. The van der Waals surface area contributed by atoms with Crippen LogP contribution in [0.1, 0.15) is 19.3 Å². The molecule has 1 saturated carbocycles. The van der Waals surface area contributed by atoms with Crippen molar-refractivity contribution in [2.45, 2.75) is 31.4 Å². The second-order valence-electron chi connectivity index (χ2n) is 5.27. The van der Waals surface area contributed by atoms with Crippen molar-refractivity contribution in [3.05, 3.63) is 40.7 Å². The molecule has 2 unspecified atom stereocenters. The molecule has 6 heteroatoms. The highest BCUT2D eigenvalue weighted by molar-refractivity contribution is 5.99. The van der Waals surface area contributed by atoms with Crippen molar-refractivity contribution >= 4 is 22.1 Å². The van der Waals surface area contributed by atoms with Crippen LogP contribution in [-0.4, -0.2) is 29.2 Å². The summed E-state index contributed by atoms with van der Waals surface area (Å²) in [5.41, 5.74) is 0.977. The van der Waals surface area contributed by atoms with E-state index in [4.69, 9.17) is 4.74 Å². The Morgan fingerprint density at radius 2 is 2.19 bits per heavy atom. The highest BCUT2D eigenvalue weighted by Crippen LogP contribution is 2.33. The molecule has 6 nitrogen and oxygen atoms in total. The Balaban J connectivity index is 2.00. The first-order valence-corrected chi connectivity index (χ1v) is 7.01. The molecule has 1 aromatic carbocycles. The van der Waals surface area contributed by atoms with Gasteiger partial charge in [0.05, 0.1) is 22.5 Å². The molecule has 1 fully saturated rings. The molecule has 2 aromatic rings. The lowest BCUT2D eigenvalue weighted by molar-refractivity contribution is -0.383. The van der Waals surface area contributed by atoms with Crippen LogP contribution in [0.5, 0.6) is 0 Å². The SMILES string of the molecule is COC1CCCC1Nc1ccc([N+](=O)[O-])c2cnccc12. The largest absolute Gasteiger partial charge is 0.379 e. The summed E-state index contributed by atoms with van der Waals surface area (Å²) in [7, 11) is 1.72. The molecule has 0 amide bonds. The molecule has 2 atom stereocenters. The number of nitrogens with zero attached hydrogens (tertiary/aromatic N) is 2. The first kappa shape index (κ1) is 13.8. The smallest absolute Gasteiger partial charge is 0.278 e. The molecule has 0 aliphatic heterocycles. The summed E-state index contributed by atoms with van der Waals surface area (Å²) in [6.45, 7) is 0. The zero-order valence-electron chi connectivity index (χ0n) is 11.8. The summed E-state index contributed by atoms with van der Waals surface area (Å²) < 4.78 is 5.49. The van der Waals surface area contributed by atoms with Crippen molar-refractivity contribution in [2.75, 3.05) is 12.4 Å². The fourth-order valence-corrected chi connectivity index (χ4v) is 3.03. The maximum absolute atomic E-state index is 11.1. The molecule has 1 heterocycles. The van der Waals surface area contributed by atoms with Crippen molar-refractivity contribution in [1.82, 2.24) is 4.98 Å². The average molecular weight is 287 g/mol. The topological polar surface area (TPSA) is 77.3 Å². The van der Waals surface area contributed by atoms with Crippen LogP contribution >= 0.6 is 0 Å². The Morgan fingerprint density at radius 1 is 1.33 bits per heavy atom. The van der Waals surface area contributed by atoms with E-state index >= 15 is 0 Å². The number of methoxy groups -OCH3 is 1.